The minimum Gasteiger partial charge on any atom is -0.478 e. The maximum absolute atomic E-state index is 11.8. The number of furan rings is 1. The number of allylic oxidation sites excluding steroid dienone is 1. The topological polar surface area (TPSA) is 70.7 Å². The predicted molar refractivity (Wildman–Crippen MR) is 91.5 cm³/mol. The largest absolute Gasteiger partial charge is 0.478 e. The minimum atomic E-state index is -0.881. The number of aryl methyl sites for hydroxylation is 1. The van der Waals surface area contributed by atoms with Gasteiger partial charge in [0.05, 0.1) is 18.6 Å². The second kappa shape index (κ2) is 6.07. The van der Waals surface area contributed by atoms with Crippen LogP contribution in [0.4, 0.5) is 0 Å². The highest BCUT2D eigenvalue weighted by Crippen LogP contribution is 2.61. The van der Waals surface area contributed by atoms with Crippen molar-refractivity contribution in [3.05, 3.63) is 35.8 Å². The minimum absolute atomic E-state index is 0.000208. The summed E-state index contributed by atoms with van der Waals surface area (Å²) in [6.07, 6.45) is 8.99. The smallest absolute Gasteiger partial charge is 0.331 e. The van der Waals surface area contributed by atoms with E-state index in [9.17, 15) is 15.0 Å². The number of aliphatic hydroxyl groups is 1. The van der Waals surface area contributed by atoms with Gasteiger partial charge in [0.15, 0.2) is 0 Å². The van der Waals surface area contributed by atoms with E-state index in [1.165, 1.54) is 5.56 Å². The molecule has 0 unspecified atom stereocenters. The molecule has 0 bridgehead atoms. The van der Waals surface area contributed by atoms with E-state index in [-0.39, 0.29) is 11.3 Å². The van der Waals surface area contributed by atoms with E-state index in [2.05, 4.69) is 13.8 Å². The van der Waals surface area contributed by atoms with Gasteiger partial charge in [-0.1, -0.05) is 26.8 Å². The van der Waals surface area contributed by atoms with Crippen LogP contribution in [0.25, 0.3) is 0 Å². The molecule has 0 spiro atoms. The van der Waals surface area contributed by atoms with Crippen LogP contribution >= 0.6 is 0 Å². The molecule has 0 saturated heterocycles. The summed E-state index contributed by atoms with van der Waals surface area (Å²) in [5.41, 5.74) is 0.927. The maximum Gasteiger partial charge on any atom is 0.331 e. The van der Waals surface area contributed by atoms with Gasteiger partial charge in [0.1, 0.15) is 0 Å². The Hall–Kier alpha value is -1.55. The molecule has 1 aromatic heterocycles. The van der Waals surface area contributed by atoms with E-state index in [0.717, 1.165) is 25.7 Å². The molecule has 4 nitrogen and oxygen atoms in total. The highest BCUT2D eigenvalue weighted by atomic mass is 16.4. The van der Waals surface area contributed by atoms with Crippen molar-refractivity contribution in [3.63, 3.8) is 0 Å². The third-order valence-corrected chi connectivity index (χ3v) is 7.06. The van der Waals surface area contributed by atoms with Crippen molar-refractivity contribution in [1.29, 1.82) is 0 Å². The Kier molecular flexibility index (Phi) is 4.37. The molecule has 0 aliphatic heterocycles. The van der Waals surface area contributed by atoms with Crippen LogP contribution in [0.3, 0.4) is 0 Å². The van der Waals surface area contributed by atoms with Crippen LogP contribution in [0, 0.1) is 22.7 Å². The van der Waals surface area contributed by atoms with Gasteiger partial charge in [0, 0.05) is 11.0 Å². The zero-order valence-corrected chi connectivity index (χ0v) is 14.8. The lowest BCUT2D eigenvalue weighted by molar-refractivity contribution is -0.148. The van der Waals surface area contributed by atoms with Gasteiger partial charge in [-0.3, -0.25) is 0 Å². The lowest BCUT2D eigenvalue weighted by atomic mass is 9.45. The molecule has 1 fully saturated rings. The summed E-state index contributed by atoms with van der Waals surface area (Å²) < 4.78 is 5.18. The van der Waals surface area contributed by atoms with E-state index in [1.54, 1.807) is 12.5 Å². The van der Waals surface area contributed by atoms with Crippen molar-refractivity contribution < 1.29 is 19.4 Å². The van der Waals surface area contributed by atoms with Gasteiger partial charge < -0.3 is 14.6 Å². The second-order valence-corrected chi connectivity index (χ2v) is 8.13. The van der Waals surface area contributed by atoms with Crippen LogP contribution < -0.4 is 0 Å². The number of carboxylic acid groups (broad SMARTS) is 1. The second-order valence-electron chi connectivity index (χ2n) is 8.13. The number of rotatable bonds is 4. The monoisotopic (exact) mass is 332 g/mol. The lowest BCUT2D eigenvalue weighted by Crippen LogP contribution is -2.57. The number of aliphatic carboxylic acids is 1. The quantitative estimate of drug-likeness (QED) is 0.873. The first-order valence-corrected chi connectivity index (χ1v) is 8.93. The van der Waals surface area contributed by atoms with Gasteiger partial charge in [-0.15, -0.1) is 0 Å². The summed E-state index contributed by atoms with van der Waals surface area (Å²) in [6, 6.07) is 1.99. The third-order valence-electron chi connectivity index (χ3n) is 7.06. The highest BCUT2D eigenvalue weighted by Gasteiger charge is 2.59. The van der Waals surface area contributed by atoms with E-state index in [0.29, 0.717) is 17.9 Å². The molecule has 24 heavy (non-hydrogen) atoms. The predicted octanol–water partition coefficient (Wildman–Crippen LogP) is 4.05. The van der Waals surface area contributed by atoms with Crippen LogP contribution in [-0.2, 0) is 11.2 Å². The van der Waals surface area contributed by atoms with Crippen LogP contribution in [0.5, 0.6) is 0 Å². The molecule has 132 valence electrons. The fraction of sp³-hybridized carbons (Fsp3) is 0.650. The lowest BCUT2D eigenvalue weighted by Gasteiger charge is -2.59. The molecule has 2 N–H and O–H groups in total. The van der Waals surface area contributed by atoms with E-state index >= 15 is 0 Å². The van der Waals surface area contributed by atoms with Crippen molar-refractivity contribution >= 4 is 5.97 Å². The number of fused-ring (bicyclic) bond motifs is 1. The summed E-state index contributed by atoms with van der Waals surface area (Å²) in [7, 11) is 0. The Labute approximate surface area is 143 Å². The van der Waals surface area contributed by atoms with E-state index < -0.39 is 17.5 Å². The van der Waals surface area contributed by atoms with Crippen molar-refractivity contribution in [1.82, 2.24) is 0 Å². The zero-order valence-electron chi connectivity index (χ0n) is 14.8. The van der Waals surface area contributed by atoms with Gasteiger partial charge in [-0.2, -0.15) is 0 Å². The Morgan fingerprint density at radius 2 is 2.17 bits per heavy atom. The van der Waals surface area contributed by atoms with E-state index in [1.807, 2.05) is 19.1 Å². The molecule has 3 rings (SSSR count). The zero-order chi connectivity index (χ0) is 17.5. The Bertz CT molecular complexity index is 632. The van der Waals surface area contributed by atoms with Gasteiger partial charge in [0.2, 0.25) is 0 Å². The molecular formula is C20H28O4. The SMILES string of the molecule is C[C@@H]1C[C@H](O)[C@@]2(C)C(C(=O)O)=CCC[C@@H]2[C@@]1(C)CCc1ccoc1. The van der Waals surface area contributed by atoms with Crippen LogP contribution in [0.2, 0.25) is 0 Å². The Morgan fingerprint density at radius 3 is 2.79 bits per heavy atom. The number of hydrogen-bond acceptors (Lipinski definition) is 3. The molecule has 0 amide bonds. The average Bonchev–Trinajstić information content (AvgIpc) is 3.04. The standard InChI is InChI=1S/C20H28O4/c1-13-11-17(21)20(3)15(18(22)23)5-4-6-16(20)19(13,2)9-7-14-8-10-24-12-14/h5,8,10,12-13,16-17,21H,4,6-7,9,11H2,1-3H3,(H,22,23)/t13-,16-,17+,19+,20+/m1/s1. The summed E-state index contributed by atoms with van der Waals surface area (Å²) in [5, 5.41) is 20.5. The molecule has 1 saturated carbocycles. The molecule has 2 aliphatic rings. The number of carboxylic acids is 1. The number of carbonyl (C=O) groups is 1. The van der Waals surface area contributed by atoms with Crippen molar-refractivity contribution in [3.8, 4) is 0 Å². The van der Waals surface area contributed by atoms with Crippen molar-refractivity contribution in [2.75, 3.05) is 0 Å². The Morgan fingerprint density at radius 1 is 1.42 bits per heavy atom. The first-order chi connectivity index (χ1) is 11.3. The molecule has 5 atom stereocenters. The number of hydrogen-bond donors (Lipinski definition) is 2. The summed E-state index contributed by atoms with van der Waals surface area (Å²) in [6.45, 7) is 6.46. The highest BCUT2D eigenvalue weighted by molar-refractivity contribution is 5.88. The maximum atomic E-state index is 11.8. The first kappa shape index (κ1) is 17.3. The van der Waals surface area contributed by atoms with Crippen molar-refractivity contribution in [2.24, 2.45) is 22.7 Å². The van der Waals surface area contributed by atoms with Gasteiger partial charge >= 0.3 is 5.97 Å². The van der Waals surface area contributed by atoms with Gasteiger partial charge in [-0.05, 0) is 61.0 Å². The summed E-state index contributed by atoms with van der Waals surface area (Å²) >= 11 is 0. The molecule has 0 aromatic carbocycles. The molecule has 2 aliphatic carbocycles. The molecule has 1 heterocycles. The summed E-state index contributed by atoms with van der Waals surface area (Å²) in [5.74, 6) is -0.356. The average molecular weight is 332 g/mol. The van der Waals surface area contributed by atoms with Crippen LogP contribution in [-0.4, -0.2) is 22.3 Å². The molecule has 1 aromatic rings. The molecular weight excluding hydrogens is 304 g/mol. The normalized spacial score (nSPS) is 39.2. The van der Waals surface area contributed by atoms with Gasteiger partial charge in [-0.25, -0.2) is 4.79 Å². The van der Waals surface area contributed by atoms with Gasteiger partial charge in [0.25, 0.3) is 0 Å². The first-order valence-electron chi connectivity index (χ1n) is 8.93. The number of aliphatic hydroxyl groups excluding tert-OH is 1. The van der Waals surface area contributed by atoms with Crippen molar-refractivity contribution in [2.45, 2.75) is 59.0 Å². The summed E-state index contributed by atoms with van der Waals surface area (Å²) in [4.78, 5) is 11.8. The third kappa shape index (κ3) is 2.52. The Balaban J connectivity index is 1.94. The fourth-order valence-corrected chi connectivity index (χ4v) is 5.31. The molecule has 4 heteroatoms. The molecule has 0 radical (unpaired) electrons. The van der Waals surface area contributed by atoms with E-state index in [4.69, 9.17) is 4.42 Å². The van der Waals surface area contributed by atoms with Crippen LogP contribution in [0.15, 0.2) is 34.7 Å². The fourth-order valence-electron chi connectivity index (χ4n) is 5.31. The van der Waals surface area contributed by atoms with Crippen LogP contribution in [0.1, 0.15) is 52.0 Å².